The number of halogens is 1. The summed E-state index contributed by atoms with van der Waals surface area (Å²) in [6, 6.07) is 22.0. The molecule has 3 aromatic rings. The lowest BCUT2D eigenvalue weighted by atomic mass is 9.88. The Morgan fingerprint density at radius 2 is 1.59 bits per heavy atom. The molecule has 146 valence electrons. The number of carbonyl (C=O) groups is 2. The third-order valence-electron chi connectivity index (χ3n) is 5.18. The Labute approximate surface area is 168 Å². The molecule has 1 heterocycles. The largest absolute Gasteiger partial charge is 0.445 e. The van der Waals surface area contributed by atoms with Crippen molar-refractivity contribution in [2.45, 2.75) is 25.0 Å². The van der Waals surface area contributed by atoms with E-state index in [1.807, 2.05) is 42.5 Å². The third-order valence-corrected chi connectivity index (χ3v) is 5.18. The topological polar surface area (TPSA) is 55.4 Å². The Bertz CT molecular complexity index is 1050. The Morgan fingerprint density at radius 3 is 2.31 bits per heavy atom. The molecule has 4 rings (SSSR count). The van der Waals surface area contributed by atoms with Crippen molar-refractivity contribution in [2.24, 2.45) is 0 Å². The molecule has 1 aliphatic heterocycles. The first-order valence-electron chi connectivity index (χ1n) is 9.39. The van der Waals surface area contributed by atoms with Crippen LogP contribution in [0.1, 0.15) is 40.0 Å². The number of hydrogen-bond donors (Lipinski definition) is 1. The van der Waals surface area contributed by atoms with Crippen molar-refractivity contribution < 1.29 is 18.7 Å². The van der Waals surface area contributed by atoms with Gasteiger partial charge < -0.3 is 10.1 Å². The number of ether oxygens (including phenoxy) is 1. The van der Waals surface area contributed by atoms with Gasteiger partial charge in [0.15, 0.2) is 5.60 Å². The molecule has 0 aliphatic carbocycles. The molecule has 1 aliphatic rings. The lowest BCUT2D eigenvalue weighted by molar-refractivity contribution is -0.140. The number of esters is 1. The third kappa shape index (κ3) is 3.76. The highest BCUT2D eigenvalue weighted by Gasteiger charge is 2.43. The van der Waals surface area contributed by atoms with Crippen molar-refractivity contribution in [1.29, 1.82) is 0 Å². The molecular formula is C24H20FNO3. The van der Waals surface area contributed by atoms with Gasteiger partial charge in [0.05, 0.1) is 11.6 Å². The summed E-state index contributed by atoms with van der Waals surface area (Å²) in [6.07, 6.45) is 0.283. The van der Waals surface area contributed by atoms with Crippen molar-refractivity contribution in [1.82, 2.24) is 5.32 Å². The molecule has 5 heteroatoms. The van der Waals surface area contributed by atoms with Crippen molar-refractivity contribution in [3.63, 3.8) is 0 Å². The van der Waals surface area contributed by atoms with E-state index in [1.165, 1.54) is 12.1 Å². The molecular weight excluding hydrogens is 369 g/mol. The number of benzene rings is 3. The summed E-state index contributed by atoms with van der Waals surface area (Å²) in [6.45, 7) is 1.61. The van der Waals surface area contributed by atoms with E-state index in [0.29, 0.717) is 5.56 Å². The van der Waals surface area contributed by atoms with Gasteiger partial charge in [-0.05, 0) is 41.8 Å². The minimum atomic E-state index is -1.33. The van der Waals surface area contributed by atoms with Crippen LogP contribution in [0.2, 0.25) is 0 Å². The fraction of sp³-hybridized carbons (Fsp3) is 0.167. The van der Waals surface area contributed by atoms with E-state index < -0.39 is 23.5 Å². The monoisotopic (exact) mass is 389 g/mol. The SMILES string of the molecule is CC1(C(=O)NC(c2ccccc2)c2ccc(F)cc2)Cc2ccccc2C(=O)O1. The van der Waals surface area contributed by atoms with E-state index in [2.05, 4.69) is 5.32 Å². The second-order valence-electron chi connectivity index (χ2n) is 7.32. The Morgan fingerprint density at radius 1 is 0.966 bits per heavy atom. The van der Waals surface area contributed by atoms with Gasteiger partial charge in [-0.25, -0.2) is 9.18 Å². The zero-order chi connectivity index (χ0) is 20.4. The van der Waals surface area contributed by atoms with E-state index >= 15 is 0 Å². The summed E-state index contributed by atoms with van der Waals surface area (Å²) in [5.41, 5.74) is 1.50. The lowest BCUT2D eigenvalue weighted by Gasteiger charge is -2.34. The Hall–Kier alpha value is -3.47. The molecule has 0 aromatic heterocycles. The van der Waals surface area contributed by atoms with E-state index in [4.69, 9.17) is 4.74 Å². The summed E-state index contributed by atoms with van der Waals surface area (Å²) in [4.78, 5) is 25.7. The smallest absolute Gasteiger partial charge is 0.339 e. The molecule has 1 amide bonds. The number of fused-ring (bicyclic) bond motifs is 1. The predicted octanol–water partition coefficient (Wildman–Crippen LogP) is 4.20. The second-order valence-corrected chi connectivity index (χ2v) is 7.32. The first-order chi connectivity index (χ1) is 14.0. The lowest BCUT2D eigenvalue weighted by Crippen LogP contribution is -2.52. The fourth-order valence-corrected chi connectivity index (χ4v) is 3.60. The quantitative estimate of drug-likeness (QED) is 0.681. The van der Waals surface area contributed by atoms with Gasteiger partial charge in [0, 0.05) is 6.42 Å². The van der Waals surface area contributed by atoms with Crippen LogP contribution >= 0.6 is 0 Å². The average Bonchev–Trinajstić information content (AvgIpc) is 2.73. The maximum Gasteiger partial charge on any atom is 0.339 e. The van der Waals surface area contributed by atoms with E-state index in [1.54, 1.807) is 31.2 Å². The first-order valence-corrected chi connectivity index (χ1v) is 9.39. The van der Waals surface area contributed by atoms with E-state index in [0.717, 1.165) is 16.7 Å². The zero-order valence-electron chi connectivity index (χ0n) is 15.9. The number of nitrogens with one attached hydrogen (secondary N) is 1. The number of cyclic esters (lactones) is 1. The molecule has 2 unspecified atom stereocenters. The minimum absolute atomic E-state index is 0.283. The maximum atomic E-state index is 13.4. The zero-order valence-corrected chi connectivity index (χ0v) is 15.9. The highest BCUT2D eigenvalue weighted by molar-refractivity contribution is 5.97. The van der Waals surface area contributed by atoms with E-state index in [9.17, 15) is 14.0 Å². The number of rotatable bonds is 4. The van der Waals surface area contributed by atoms with E-state index in [-0.39, 0.29) is 12.2 Å². The average molecular weight is 389 g/mol. The van der Waals surface area contributed by atoms with Crippen LogP contribution in [0.5, 0.6) is 0 Å². The van der Waals surface area contributed by atoms with Crippen LogP contribution in [0.4, 0.5) is 4.39 Å². The van der Waals surface area contributed by atoms with Gasteiger partial charge in [-0.15, -0.1) is 0 Å². The predicted molar refractivity (Wildman–Crippen MR) is 107 cm³/mol. The number of hydrogen-bond acceptors (Lipinski definition) is 3. The first kappa shape index (κ1) is 18.9. The van der Waals surface area contributed by atoms with Crippen LogP contribution < -0.4 is 5.32 Å². The summed E-state index contributed by atoms with van der Waals surface area (Å²) < 4.78 is 18.9. The molecule has 0 radical (unpaired) electrons. The number of carbonyl (C=O) groups excluding carboxylic acids is 2. The normalized spacial score (nSPS) is 19.0. The Kier molecular flexibility index (Phi) is 4.89. The van der Waals surface area contributed by atoms with Crippen LogP contribution in [-0.4, -0.2) is 17.5 Å². The fourth-order valence-electron chi connectivity index (χ4n) is 3.60. The maximum absolute atomic E-state index is 13.4. The van der Waals surface area contributed by atoms with Gasteiger partial charge in [0.2, 0.25) is 0 Å². The van der Waals surface area contributed by atoms with Crippen LogP contribution in [0.15, 0.2) is 78.9 Å². The molecule has 4 nitrogen and oxygen atoms in total. The van der Waals surface area contributed by atoms with Gasteiger partial charge >= 0.3 is 5.97 Å². The molecule has 2 atom stereocenters. The van der Waals surface area contributed by atoms with Crippen LogP contribution in [0.3, 0.4) is 0 Å². The van der Waals surface area contributed by atoms with Crippen LogP contribution in [0.25, 0.3) is 0 Å². The molecule has 29 heavy (non-hydrogen) atoms. The molecule has 1 N–H and O–H groups in total. The second kappa shape index (κ2) is 7.51. The van der Waals surface area contributed by atoms with Gasteiger partial charge in [0.1, 0.15) is 5.82 Å². The molecule has 0 saturated carbocycles. The summed E-state index contributed by atoms with van der Waals surface area (Å²) in [5.74, 6) is -1.27. The summed E-state index contributed by atoms with van der Waals surface area (Å²) in [7, 11) is 0. The standard InChI is InChI=1S/C24H20FNO3/c1-24(15-18-9-5-6-10-20(18)22(27)29-24)23(28)26-21(16-7-3-2-4-8-16)17-11-13-19(25)14-12-17/h2-14,21H,15H2,1H3,(H,26,28). The molecule has 3 aromatic carbocycles. The highest BCUT2D eigenvalue weighted by Crippen LogP contribution is 2.30. The van der Waals surface area contributed by atoms with Crippen LogP contribution in [0, 0.1) is 5.82 Å². The molecule has 0 saturated heterocycles. The van der Waals surface area contributed by atoms with Gasteiger partial charge in [-0.2, -0.15) is 0 Å². The van der Waals surface area contributed by atoms with Crippen molar-refractivity contribution >= 4 is 11.9 Å². The van der Waals surface area contributed by atoms with Crippen molar-refractivity contribution in [2.75, 3.05) is 0 Å². The number of amides is 1. The minimum Gasteiger partial charge on any atom is -0.445 e. The van der Waals surface area contributed by atoms with Gasteiger partial charge in [-0.1, -0.05) is 60.7 Å². The molecule has 0 spiro atoms. The van der Waals surface area contributed by atoms with Gasteiger partial charge in [0.25, 0.3) is 5.91 Å². The van der Waals surface area contributed by atoms with Crippen molar-refractivity contribution in [3.05, 3.63) is 107 Å². The van der Waals surface area contributed by atoms with Crippen molar-refractivity contribution in [3.8, 4) is 0 Å². The summed E-state index contributed by atoms with van der Waals surface area (Å²) >= 11 is 0. The molecule has 0 fully saturated rings. The Balaban J connectivity index is 1.65. The summed E-state index contributed by atoms with van der Waals surface area (Å²) in [5, 5.41) is 2.99. The van der Waals surface area contributed by atoms with Crippen LogP contribution in [-0.2, 0) is 16.0 Å². The highest BCUT2D eigenvalue weighted by atomic mass is 19.1. The molecule has 0 bridgehead atoms. The van der Waals surface area contributed by atoms with Gasteiger partial charge in [-0.3, -0.25) is 4.79 Å².